The second-order valence-corrected chi connectivity index (χ2v) is 9.58. The SMILES string of the molecule is COc1ccc(C(=O)N2CCC3(CCC3n3cc(C(=O)NCC(C)C)nn3)CC2)c(C)c1. The summed E-state index contributed by atoms with van der Waals surface area (Å²) in [6.45, 7) is 8.15. The van der Waals surface area contributed by atoms with E-state index in [1.807, 2.05) is 34.7 Å². The Morgan fingerprint density at radius 1 is 1.25 bits per heavy atom. The zero-order valence-electron chi connectivity index (χ0n) is 19.4. The van der Waals surface area contributed by atoms with E-state index in [0.29, 0.717) is 18.2 Å². The topological polar surface area (TPSA) is 89.4 Å². The van der Waals surface area contributed by atoms with Crippen molar-refractivity contribution in [2.45, 2.75) is 52.5 Å². The lowest BCUT2D eigenvalue weighted by atomic mass is 9.59. The van der Waals surface area contributed by atoms with Gasteiger partial charge in [0, 0.05) is 25.2 Å². The number of likely N-dealkylation sites (tertiary alicyclic amines) is 1. The third kappa shape index (κ3) is 4.23. The van der Waals surface area contributed by atoms with E-state index in [4.69, 9.17) is 4.74 Å². The number of aryl methyl sites for hydroxylation is 1. The molecule has 1 aromatic carbocycles. The molecule has 2 heterocycles. The summed E-state index contributed by atoms with van der Waals surface area (Å²) in [5.74, 6) is 1.06. The van der Waals surface area contributed by atoms with E-state index in [9.17, 15) is 9.59 Å². The summed E-state index contributed by atoms with van der Waals surface area (Å²) in [6, 6.07) is 5.84. The van der Waals surface area contributed by atoms with Crippen molar-refractivity contribution < 1.29 is 14.3 Å². The number of methoxy groups -OCH3 is 1. The molecule has 1 saturated heterocycles. The van der Waals surface area contributed by atoms with Crippen LogP contribution in [0.2, 0.25) is 0 Å². The third-order valence-corrected chi connectivity index (χ3v) is 7.07. The van der Waals surface area contributed by atoms with Crippen LogP contribution in [0.1, 0.15) is 72.0 Å². The number of carbonyl (C=O) groups is 2. The van der Waals surface area contributed by atoms with Gasteiger partial charge in [-0.2, -0.15) is 0 Å². The average Bonchev–Trinajstić information content (AvgIpc) is 3.25. The number of nitrogens with zero attached hydrogens (tertiary/aromatic N) is 4. The highest BCUT2D eigenvalue weighted by Gasteiger charge is 2.50. The molecule has 1 N–H and O–H groups in total. The lowest BCUT2D eigenvalue weighted by Crippen LogP contribution is -2.51. The fourth-order valence-corrected chi connectivity index (χ4v) is 4.93. The fourth-order valence-electron chi connectivity index (χ4n) is 4.93. The van der Waals surface area contributed by atoms with Crippen molar-refractivity contribution >= 4 is 11.8 Å². The van der Waals surface area contributed by atoms with E-state index in [1.165, 1.54) is 0 Å². The van der Waals surface area contributed by atoms with Crippen molar-refractivity contribution in [1.82, 2.24) is 25.2 Å². The molecular weight excluding hydrogens is 406 g/mol. The molecule has 4 rings (SSSR count). The number of amides is 2. The van der Waals surface area contributed by atoms with Crippen LogP contribution in [-0.4, -0.2) is 58.5 Å². The minimum absolute atomic E-state index is 0.0840. The molecule has 1 aliphatic carbocycles. The molecule has 1 saturated carbocycles. The molecule has 1 aliphatic heterocycles. The summed E-state index contributed by atoms with van der Waals surface area (Å²) in [6.07, 6.45) is 5.80. The van der Waals surface area contributed by atoms with Gasteiger partial charge in [0.05, 0.1) is 19.3 Å². The van der Waals surface area contributed by atoms with Gasteiger partial charge in [0.25, 0.3) is 11.8 Å². The van der Waals surface area contributed by atoms with Crippen LogP contribution in [0.3, 0.4) is 0 Å². The Labute approximate surface area is 189 Å². The molecule has 1 spiro atoms. The van der Waals surface area contributed by atoms with Crippen LogP contribution < -0.4 is 10.1 Å². The van der Waals surface area contributed by atoms with Crippen molar-refractivity contribution in [3.05, 3.63) is 41.2 Å². The van der Waals surface area contributed by atoms with Gasteiger partial charge >= 0.3 is 0 Å². The van der Waals surface area contributed by atoms with E-state index in [1.54, 1.807) is 13.3 Å². The van der Waals surface area contributed by atoms with E-state index in [2.05, 4.69) is 29.5 Å². The Morgan fingerprint density at radius 3 is 2.59 bits per heavy atom. The maximum atomic E-state index is 13.1. The molecular formula is C24H33N5O3. The number of hydrogen-bond donors (Lipinski definition) is 1. The van der Waals surface area contributed by atoms with Gasteiger partial charge in [-0.05, 0) is 67.7 Å². The molecule has 2 aliphatic rings. The quantitative estimate of drug-likeness (QED) is 0.746. The summed E-state index contributed by atoms with van der Waals surface area (Å²) >= 11 is 0. The number of hydrogen-bond acceptors (Lipinski definition) is 5. The summed E-state index contributed by atoms with van der Waals surface area (Å²) < 4.78 is 7.13. The minimum atomic E-state index is -0.173. The first-order valence-electron chi connectivity index (χ1n) is 11.5. The molecule has 0 radical (unpaired) electrons. The highest BCUT2D eigenvalue weighted by molar-refractivity contribution is 5.96. The summed E-state index contributed by atoms with van der Waals surface area (Å²) in [5.41, 5.74) is 2.17. The van der Waals surface area contributed by atoms with E-state index < -0.39 is 0 Å². The predicted octanol–water partition coefficient (Wildman–Crippen LogP) is 3.24. The van der Waals surface area contributed by atoms with Crippen LogP contribution in [0, 0.1) is 18.3 Å². The first-order chi connectivity index (χ1) is 15.3. The molecule has 2 amide bonds. The van der Waals surface area contributed by atoms with Crippen LogP contribution in [0.25, 0.3) is 0 Å². The van der Waals surface area contributed by atoms with Crippen molar-refractivity contribution in [2.24, 2.45) is 11.3 Å². The smallest absolute Gasteiger partial charge is 0.273 e. The zero-order chi connectivity index (χ0) is 22.9. The van der Waals surface area contributed by atoms with Gasteiger partial charge in [-0.25, -0.2) is 4.68 Å². The number of rotatable bonds is 6. The van der Waals surface area contributed by atoms with Crippen molar-refractivity contribution in [3.63, 3.8) is 0 Å². The number of aromatic nitrogens is 3. The van der Waals surface area contributed by atoms with Gasteiger partial charge in [0.2, 0.25) is 0 Å². The third-order valence-electron chi connectivity index (χ3n) is 7.07. The zero-order valence-corrected chi connectivity index (χ0v) is 19.4. The highest BCUT2D eigenvalue weighted by Crippen LogP contribution is 2.56. The Hall–Kier alpha value is -2.90. The van der Waals surface area contributed by atoms with Crippen LogP contribution in [0.5, 0.6) is 5.75 Å². The van der Waals surface area contributed by atoms with Gasteiger partial charge in [0.15, 0.2) is 5.69 Å². The van der Waals surface area contributed by atoms with Crippen molar-refractivity contribution in [1.29, 1.82) is 0 Å². The minimum Gasteiger partial charge on any atom is -0.497 e. The van der Waals surface area contributed by atoms with Crippen LogP contribution in [0.4, 0.5) is 0 Å². The van der Waals surface area contributed by atoms with Crippen LogP contribution in [-0.2, 0) is 0 Å². The number of carbonyl (C=O) groups excluding carboxylic acids is 2. The summed E-state index contributed by atoms with van der Waals surface area (Å²) in [5, 5.41) is 11.3. The second-order valence-electron chi connectivity index (χ2n) is 9.58. The lowest BCUT2D eigenvalue weighted by molar-refractivity contribution is -0.0268. The molecule has 32 heavy (non-hydrogen) atoms. The summed E-state index contributed by atoms with van der Waals surface area (Å²) in [7, 11) is 1.63. The van der Waals surface area contributed by atoms with Gasteiger partial charge in [-0.15, -0.1) is 5.10 Å². The van der Waals surface area contributed by atoms with E-state index in [0.717, 1.165) is 55.6 Å². The Balaban J connectivity index is 1.38. The molecule has 1 aromatic heterocycles. The molecule has 172 valence electrons. The normalized spacial score (nSPS) is 19.7. The molecule has 0 bridgehead atoms. The maximum Gasteiger partial charge on any atom is 0.273 e. The van der Waals surface area contributed by atoms with Gasteiger partial charge in [-0.3, -0.25) is 9.59 Å². The number of benzene rings is 1. The first kappa shape index (κ1) is 22.3. The number of ether oxygens (including phenoxy) is 1. The Kier molecular flexibility index (Phi) is 6.22. The monoisotopic (exact) mass is 439 g/mol. The van der Waals surface area contributed by atoms with Crippen LogP contribution >= 0.6 is 0 Å². The van der Waals surface area contributed by atoms with Gasteiger partial charge in [0.1, 0.15) is 5.75 Å². The predicted molar refractivity (Wildman–Crippen MR) is 121 cm³/mol. The maximum absolute atomic E-state index is 13.1. The average molecular weight is 440 g/mol. The van der Waals surface area contributed by atoms with Crippen LogP contribution in [0.15, 0.2) is 24.4 Å². The van der Waals surface area contributed by atoms with Gasteiger partial charge < -0.3 is 15.0 Å². The molecule has 1 atom stereocenters. The number of nitrogens with one attached hydrogen (secondary N) is 1. The largest absolute Gasteiger partial charge is 0.497 e. The molecule has 2 aromatic rings. The van der Waals surface area contributed by atoms with Gasteiger partial charge in [-0.1, -0.05) is 19.1 Å². The molecule has 8 nitrogen and oxygen atoms in total. The first-order valence-corrected chi connectivity index (χ1v) is 11.5. The highest BCUT2D eigenvalue weighted by atomic mass is 16.5. The summed E-state index contributed by atoms with van der Waals surface area (Å²) in [4.78, 5) is 27.4. The Bertz CT molecular complexity index is 991. The lowest BCUT2D eigenvalue weighted by Gasteiger charge is -2.53. The Morgan fingerprint density at radius 2 is 2.00 bits per heavy atom. The van der Waals surface area contributed by atoms with E-state index >= 15 is 0 Å². The van der Waals surface area contributed by atoms with Crippen molar-refractivity contribution in [2.75, 3.05) is 26.7 Å². The van der Waals surface area contributed by atoms with Crippen molar-refractivity contribution in [3.8, 4) is 5.75 Å². The molecule has 2 fully saturated rings. The van der Waals surface area contributed by atoms with E-state index in [-0.39, 0.29) is 23.3 Å². The second kappa shape index (κ2) is 8.92. The molecule has 1 unspecified atom stereocenters. The fraction of sp³-hybridized carbons (Fsp3) is 0.583. The number of piperidine rings is 1. The molecule has 8 heteroatoms. The standard InChI is InChI=1S/C24H33N5O3/c1-16(2)14-25-22(30)20-15-29(27-26-20)21-7-8-24(21)9-11-28(12-10-24)23(31)19-6-5-18(32-4)13-17(19)3/h5-6,13,15-16,21H,7-12,14H2,1-4H3,(H,25,30).